The first-order valence-corrected chi connectivity index (χ1v) is 6.34. The Morgan fingerprint density at radius 1 is 1.44 bits per heavy atom. The Balaban J connectivity index is 3.01. The smallest absolute Gasteiger partial charge is 0.0412 e. The molecule has 1 atom stereocenters. The lowest BCUT2D eigenvalue weighted by molar-refractivity contribution is 0.710. The van der Waals surface area contributed by atoms with Gasteiger partial charge in [-0.05, 0) is 46.5 Å². The summed E-state index contributed by atoms with van der Waals surface area (Å²) in [6, 6.07) is 0. The quantitative estimate of drug-likeness (QED) is 0.559. The van der Waals surface area contributed by atoms with Crippen molar-refractivity contribution in [3.63, 3.8) is 0 Å². The van der Waals surface area contributed by atoms with Crippen molar-refractivity contribution < 1.29 is 0 Å². The summed E-state index contributed by atoms with van der Waals surface area (Å²) in [7, 11) is 0. The van der Waals surface area contributed by atoms with Crippen molar-refractivity contribution in [1.29, 1.82) is 0 Å². The summed E-state index contributed by atoms with van der Waals surface area (Å²) in [5.74, 6) is 0.353. The van der Waals surface area contributed by atoms with E-state index in [1.54, 1.807) is 0 Å². The molecule has 1 rings (SSSR count). The minimum Gasteiger partial charge on any atom is -0.148 e. The molecule has 0 aromatic heterocycles. The molecule has 0 heterocycles. The third-order valence-electron chi connectivity index (χ3n) is 2.92. The Bertz CT molecular complexity index is 397. The van der Waals surface area contributed by atoms with Gasteiger partial charge in [0.1, 0.15) is 0 Å². The van der Waals surface area contributed by atoms with Crippen LogP contribution in [0.15, 0.2) is 46.9 Å². The van der Waals surface area contributed by atoms with E-state index in [9.17, 15) is 0 Å². The molecule has 1 aliphatic rings. The fourth-order valence-electron chi connectivity index (χ4n) is 1.79. The summed E-state index contributed by atoms with van der Waals surface area (Å²) in [5.41, 5.74) is 3.61. The zero-order chi connectivity index (χ0) is 12.3. The van der Waals surface area contributed by atoms with Gasteiger partial charge >= 0.3 is 0 Å². The molecule has 0 amide bonds. The van der Waals surface area contributed by atoms with Gasteiger partial charge in [-0.15, -0.1) is 12.6 Å². The highest BCUT2D eigenvalue weighted by Crippen LogP contribution is 2.31. The minimum atomic E-state index is 0.353. The second-order valence-electron chi connectivity index (χ2n) is 4.13. The number of hydrogen-bond acceptors (Lipinski definition) is 2. The van der Waals surface area contributed by atoms with Crippen LogP contribution in [0.25, 0.3) is 0 Å². The van der Waals surface area contributed by atoms with Gasteiger partial charge in [0.2, 0.25) is 0 Å². The van der Waals surface area contributed by atoms with Crippen molar-refractivity contribution in [2.45, 2.75) is 26.7 Å². The fraction of sp³-hybridized carbons (Fsp3) is 0.357. The molecule has 0 aromatic rings. The molecule has 0 bridgehead atoms. The Morgan fingerprint density at radius 3 is 2.56 bits per heavy atom. The van der Waals surface area contributed by atoms with Gasteiger partial charge in [0.25, 0.3) is 0 Å². The van der Waals surface area contributed by atoms with E-state index >= 15 is 0 Å². The number of thiol groups is 1. The van der Waals surface area contributed by atoms with Crippen LogP contribution in [0.1, 0.15) is 26.7 Å². The second kappa shape index (κ2) is 5.65. The first-order valence-electron chi connectivity index (χ1n) is 5.48. The molecule has 0 aromatic carbocycles. The molecule has 0 radical (unpaired) electrons. The summed E-state index contributed by atoms with van der Waals surface area (Å²) in [6.45, 7) is 12.2. The molecule has 0 saturated carbocycles. The molecule has 1 aliphatic carbocycles. The largest absolute Gasteiger partial charge is 0.148 e. The standard InChI is InChI=1S/C14H18S2/c1-5-12-13(8-10(3)11(4)15)9(2)6-7-14(12)16/h6-7,10,15H,2,4-5,8H2,1,3H3. The van der Waals surface area contributed by atoms with E-state index in [1.807, 2.05) is 12.2 Å². The Kier molecular flexibility index (Phi) is 4.75. The van der Waals surface area contributed by atoms with Gasteiger partial charge in [0, 0.05) is 4.86 Å². The third kappa shape index (κ3) is 2.96. The fourth-order valence-corrected chi connectivity index (χ4v) is 2.21. The normalized spacial score (nSPS) is 17.9. The van der Waals surface area contributed by atoms with E-state index in [1.165, 1.54) is 11.1 Å². The number of allylic oxidation sites excluding steroid dienone is 6. The van der Waals surface area contributed by atoms with Crippen LogP contribution in [-0.4, -0.2) is 4.86 Å². The van der Waals surface area contributed by atoms with Crippen LogP contribution in [0.2, 0.25) is 0 Å². The minimum absolute atomic E-state index is 0.353. The van der Waals surface area contributed by atoms with Crippen LogP contribution < -0.4 is 0 Å². The Labute approximate surface area is 109 Å². The van der Waals surface area contributed by atoms with E-state index in [2.05, 4.69) is 39.6 Å². The second-order valence-corrected chi connectivity index (χ2v) is 5.14. The molecule has 86 valence electrons. The van der Waals surface area contributed by atoms with Crippen LogP contribution in [0, 0.1) is 5.92 Å². The van der Waals surface area contributed by atoms with Gasteiger partial charge in [-0.1, -0.05) is 45.3 Å². The maximum atomic E-state index is 5.35. The average molecular weight is 250 g/mol. The van der Waals surface area contributed by atoms with Gasteiger partial charge in [-0.25, -0.2) is 0 Å². The summed E-state index contributed by atoms with van der Waals surface area (Å²) < 4.78 is 0. The first-order chi connectivity index (χ1) is 7.47. The monoisotopic (exact) mass is 250 g/mol. The van der Waals surface area contributed by atoms with Gasteiger partial charge in [-0.3, -0.25) is 0 Å². The van der Waals surface area contributed by atoms with E-state index in [0.29, 0.717) is 5.92 Å². The molecular weight excluding hydrogens is 232 g/mol. The average Bonchev–Trinajstić information content (AvgIpc) is 2.23. The third-order valence-corrected chi connectivity index (χ3v) is 3.74. The van der Waals surface area contributed by atoms with Crippen LogP contribution in [0.4, 0.5) is 0 Å². The van der Waals surface area contributed by atoms with Gasteiger partial charge in [0.15, 0.2) is 0 Å². The predicted molar refractivity (Wildman–Crippen MR) is 80.1 cm³/mol. The molecule has 1 unspecified atom stereocenters. The maximum Gasteiger partial charge on any atom is 0.0412 e. The molecule has 0 aliphatic heterocycles. The lowest BCUT2D eigenvalue weighted by Crippen LogP contribution is -2.09. The number of rotatable bonds is 4. The van der Waals surface area contributed by atoms with Crippen molar-refractivity contribution >= 4 is 29.7 Å². The zero-order valence-electron chi connectivity index (χ0n) is 9.92. The molecule has 0 spiro atoms. The molecule has 16 heavy (non-hydrogen) atoms. The van der Waals surface area contributed by atoms with Crippen molar-refractivity contribution in [2.24, 2.45) is 5.92 Å². The van der Waals surface area contributed by atoms with E-state index in [4.69, 9.17) is 12.2 Å². The summed E-state index contributed by atoms with van der Waals surface area (Å²) in [5, 5.41) is 0. The Morgan fingerprint density at radius 2 is 2.06 bits per heavy atom. The lowest BCUT2D eigenvalue weighted by atomic mass is 9.86. The zero-order valence-corrected chi connectivity index (χ0v) is 11.6. The first kappa shape index (κ1) is 13.5. The highest BCUT2D eigenvalue weighted by Gasteiger charge is 2.17. The number of hydrogen-bond donors (Lipinski definition) is 1. The topological polar surface area (TPSA) is 0 Å². The molecule has 0 nitrogen and oxygen atoms in total. The van der Waals surface area contributed by atoms with Gasteiger partial charge in [0.05, 0.1) is 0 Å². The molecule has 2 heteroatoms. The van der Waals surface area contributed by atoms with E-state index < -0.39 is 0 Å². The van der Waals surface area contributed by atoms with Crippen molar-refractivity contribution in [3.8, 4) is 0 Å². The summed E-state index contributed by atoms with van der Waals surface area (Å²) >= 11 is 9.65. The van der Waals surface area contributed by atoms with Crippen LogP contribution in [0.3, 0.4) is 0 Å². The lowest BCUT2D eigenvalue weighted by Gasteiger charge is -2.21. The highest BCUT2D eigenvalue weighted by atomic mass is 32.1. The van der Waals surface area contributed by atoms with E-state index in [-0.39, 0.29) is 0 Å². The van der Waals surface area contributed by atoms with Crippen LogP contribution in [0.5, 0.6) is 0 Å². The maximum absolute atomic E-state index is 5.35. The SMILES string of the molecule is C=C1C=CC(=S)C(CC)=C1CC(C)C(=C)S. The number of thiocarbonyl (C=S) groups is 1. The van der Waals surface area contributed by atoms with Gasteiger partial charge in [-0.2, -0.15) is 0 Å². The van der Waals surface area contributed by atoms with Crippen molar-refractivity contribution in [2.75, 3.05) is 0 Å². The summed E-state index contributed by atoms with van der Waals surface area (Å²) in [6.07, 6.45) is 5.86. The van der Waals surface area contributed by atoms with Crippen molar-refractivity contribution in [3.05, 3.63) is 46.9 Å². The Hall–Kier alpha value is -0.600. The van der Waals surface area contributed by atoms with Crippen LogP contribution >= 0.6 is 24.8 Å². The van der Waals surface area contributed by atoms with E-state index in [0.717, 1.165) is 28.2 Å². The molecule has 0 saturated heterocycles. The van der Waals surface area contributed by atoms with Crippen molar-refractivity contribution in [1.82, 2.24) is 0 Å². The summed E-state index contributed by atoms with van der Waals surface area (Å²) in [4.78, 5) is 1.86. The van der Waals surface area contributed by atoms with Gasteiger partial charge < -0.3 is 0 Å². The molecule has 0 N–H and O–H groups in total. The highest BCUT2D eigenvalue weighted by molar-refractivity contribution is 7.84. The van der Waals surface area contributed by atoms with Crippen LogP contribution in [-0.2, 0) is 0 Å². The predicted octanol–water partition coefficient (Wildman–Crippen LogP) is 4.66. The molecular formula is C14H18S2. The molecule has 0 fully saturated rings.